The van der Waals surface area contributed by atoms with Gasteiger partial charge in [-0.1, -0.05) is 23.7 Å². The number of thioether (sulfide) groups is 1. The van der Waals surface area contributed by atoms with Gasteiger partial charge in [0.05, 0.1) is 17.2 Å². The molecule has 1 atom stereocenters. The Kier molecular flexibility index (Phi) is 11.8. The van der Waals surface area contributed by atoms with E-state index in [0.29, 0.717) is 18.8 Å². The summed E-state index contributed by atoms with van der Waals surface area (Å²) < 4.78 is 9.71. The number of amides is 4. The SMILES string of the molecule is COCCNC(=O)NC(=O)COC(=O)C(CCSC)NC(=O)c1ccccc1Cl. The quantitative estimate of drug-likeness (QED) is 0.345. The summed E-state index contributed by atoms with van der Waals surface area (Å²) in [5.41, 5.74) is 0.224. The minimum atomic E-state index is -0.963. The maximum absolute atomic E-state index is 12.4. The average molecular weight is 446 g/mol. The van der Waals surface area contributed by atoms with E-state index in [4.69, 9.17) is 21.1 Å². The lowest BCUT2D eigenvalue weighted by Crippen LogP contribution is -2.45. The Morgan fingerprint density at radius 1 is 1.21 bits per heavy atom. The van der Waals surface area contributed by atoms with E-state index in [1.807, 2.05) is 11.6 Å². The lowest BCUT2D eigenvalue weighted by molar-refractivity contribution is -0.150. The molecule has 0 fully saturated rings. The zero-order valence-corrected chi connectivity index (χ0v) is 17.7. The summed E-state index contributed by atoms with van der Waals surface area (Å²) in [6.45, 7) is -0.145. The molecular weight excluding hydrogens is 422 g/mol. The number of ether oxygens (including phenoxy) is 2. The van der Waals surface area contributed by atoms with Gasteiger partial charge in [-0.3, -0.25) is 14.9 Å². The van der Waals surface area contributed by atoms with Crippen molar-refractivity contribution in [1.29, 1.82) is 0 Å². The first kappa shape index (κ1) is 24.7. The molecule has 0 radical (unpaired) electrons. The normalized spacial score (nSPS) is 11.3. The van der Waals surface area contributed by atoms with E-state index < -0.39 is 36.5 Å². The first-order valence-electron chi connectivity index (χ1n) is 8.66. The summed E-state index contributed by atoms with van der Waals surface area (Å²) in [5.74, 6) is -1.53. The van der Waals surface area contributed by atoms with E-state index >= 15 is 0 Å². The summed E-state index contributed by atoms with van der Waals surface area (Å²) in [5, 5.41) is 7.24. The zero-order valence-electron chi connectivity index (χ0n) is 16.2. The fraction of sp³-hybridized carbons (Fsp3) is 0.444. The third-order valence-electron chi connectivity index (χ3n) is 3.51. The van der Waals surface area contributed by atoms with E-state index in [1.165, 1.54) is 24.9 Å². The first-order chi connectivity index (χ1) is 13.9. The largest absolute Gasteiger partial charge is 0.454 e. The van der Waals surface area contributed by atoms with Crippen molar-refractivity contribution in [2.75, 3.05) is 38.9 Å². The average Bonchev–Trinajstić information content (AvgIpc) is 2.69. The monoisotopic (exact) mass is 445 g/mol. The molecule has 1 aromatic rings. The number of esters is 1. The van der Waals surface area contributed by atoms with Crippen LogP contribution < -0.4 is 16.0 Å². The van der Waals surface area contributed by atoms with Crippen LogP contribution in [0, 0.1) is 0 Å². The number of imide groups is 1. The molecule has 0 aromatic heterocycles. The van der Waals surface area contributed by atoms with Crippen molar-refractivity contribution >= 4 is 47.2 Å². The van der Waals surface area contributed by atoms with Crippen LogP contribution in [0.2, 0.25) is 5.02 Å². The molecule has 1 aromatic carbocycles. The lowest BCUT2D eigenvalue weighted by Gasteiger charge is -2.17. The van der Waals surface area contributed by atoms with Gasteiger partial charge < -0.3 is 20.1 Å². The number of rotatable bonds is 11. The van der Waals surface area contributed by atoms with Gasteiger partial charge in [-0.2, -0.15) is 11.8 Å². The van der Waals surface area contributed by atoms with Crippen LogP contribution in [0.1, 0.15) is 16.8 Å². The summed E-state index contributed by atoms with van der Waals surface area (Å²) in [4.78, 5) is 47.9. The number of benzene rings is 1. The van der Waals surface area contributed by atoms with E-state index in [-0.39, 0.29) is 17.1 Å². The second kappa shape index (κ2) is 13.8. The third kappa shape index (κ3) is 9.64. The summed E-state index contributed by atoms with van der Waals surface area (Å²) >= 11 is 7.49. The van der Waals surface area contributed by atoms with Crippen LogP contribution >= 0.6 is 23.4 Å². The van der Waals surface area contributed by atoms with Gasteiger partial charge >= 0.3 is 12.0 Å². The molecule has 11 heteroatoms. The van der Waals surface area contributed by atoms with E-state index in [0.717, 1.165) is 0 Å². The molecule has 4 amide bonds. The van der Waals surface area contributed by atoms with Gasteiger partial charge in [-0.05, 0) is 30.6 Å². The Balaban J connectivity index is 2.58. The molecule has 0 aliphatic rings. The van der Waals surface area contributed by atoms with Crippen LogP contribution in [0.4, 0.5) is 4.79 Å². The van der Waals surface area contributed by atoms with Crippen molar-refractivity contribution in [2.24, 2.45) is 0 Å². The van der Waals surface area contributed by atoms with Crippen molar-refractivity contribution in [2.45, 2.75) is 12.5 Å². The van der Waals surface area contributed by atoms with Crippen LogP contribution in [0.3, 0.4) is 0 Å². The molecule has 0 saturated carbocycles. The van der Waals surface area contributed by atoms with Gasteiger partial charge in [0, 0.05) is 13.7 Å². The highest BCUT2D eigenvalue weighted by molar-refractivity contribution is 7.98. The molecule has 9 nitrogen and oxygen atoms in total. The van der Waals surface area contributed by atoms with Gasteiger partial charge in [0.25, 0.3) is 11.8 Å². The number of nitrogens with one attached hydrogen (secondary N) is 3. The molecule has 0 aliphatic carbocycles. The van der Waals surface area contributed by atoms with Crippen LogP contribution in [0.15, 0.2) is 24.3 Å². The number of halogens is 1. The Morgan fingerprint density at radius 3 is 2.59 bits per heavy atom. The summed E-state index contributed by atoms with van der Waals surface area (Å²) in [7, 11) is 1.47. The predicted molar refractivity (Wildman–Crippen MR) is 110 cm³/mol. The molecule has 29 heavy (non-hydrogen) atoms. The maximum atomic E-state index is 12.4. The molecule has 0 saturated heterocycles. The third-order valence-corrected chi connectivity index (χ3v) is 4.48. The van der Waals surface area contributed by atoms with Crippen LogP contribution in [0.25, 0.3) is 0 Å². The maximum Gasteiger partial charge on any atom is 0.329 e. The van der Waals surface area contributed by atoms with E-state index in [2.05, 4.69) is 10.6 Å². The van der Waals surface area contributed by atoms with Crippen molar-refractivity contribution < 1.29 is 28.7 Å². The topological polar surface area (TPSA) is 123 Å². The first-order valence-corrected chi connectivity index (χ1v) is 10.4. The van der Waals surface area contributed by atoms with Gasteiger partial charge in [-0.15, -0.1) is 0 Å². The van der Waals surface area contributed by atoms with Gasteiger partial charge in [0.2, 0.25) is 0 Å². The number of urea groups is 1. The van der Waals surface area contributed by atoms with Crippen molar-refractivity contribution in [3.05, 3.63) is 34.9 Å². The molecule has 1 rings (SSSR count). The molecule has 0 bridgehead atoms. The Labute approximate surface area is 178 Å². The highest BCUT2D eigenvalue weighted by Crippen LogP contribution is 2.15. The highest BCUT2D eigenvalue weighted by Gasteiger charge is 2.24. The Morgan fingerprint density at radius 2 is 1.93 bits per heavy atom. The fourth-order valence-corrected chi connectivity index (χ4v) is 2.77. The predicted octanol–water partition coefficient (Wildman–Crippen LogP) is 1.21. The second-order valence-electron chi connectivity index (χ2n) is 5.69. The van der Waals surface area contributed by atoms with Crippen molar-refractivity contribution in [3.8, 4) is 0 Å². The minimum Gasteiger partial charge on any atom is -0.454 e. The van der Waals surface area contributed by atoms with Gasteiger partial charge in [0.1, 0.15) is 6.04 Å². The van der Waals surface area contributed by atoms with Crippen LogP contribution in [-0.4, -0.2) is 68.7 Å². The molecule has 160 valence electrons. The lowest BCUT2D eigenvalue weighted by atomic mass is 10.1. The molecule has 0 spiro atoms. The molecule has 1 unspecified atom stereocenters. The summed E-state index contributed by atoms with van der Waals surface area (Å²) in [6.07, 6.45) is 2.16. The number of methoxy groups -OCH3 is 1. The molecule has 0 aliphatic heterocycles. The van der Waals surface area contributed by atoms with E-state index in [1.54, 1.807) is 18.2 Å². The Bertz CT molecular complexity index is 719. The molecule has 0 heterocycles. The fourth-order valence-electron chi connectivity index (χ4n) is 2.08. The standard InChI is InChI=1S/C18H24ClN3O6S/c1-27-9-8-20-18(26)22-15(23)11-28-17(25)14(7-10-29-2)21-16(24)12-5-3-4-6-13(12)19/h3-6,14H,7-11H2,1-2H3,(H,21,24)(H2,20,22,23,26). The number of hydrogen-bond acceptors (Lipinski definition) is 7. The number of carbonyl (C=O) groups is 4. The summed E-state index contributed by atoms with van der Waals surface area (Å²) in [6, 6.07) is 4.74. The van der Waals surface area contributed by atoms with Gasteiger partial charge in [-0.25, -0.2) is 9.59 Å². The smallest absolute Gasteiger partial charge is 0.329 e. The zero-order chi connectivity index (χ0) is 21.6. The highest BCUT2D eigenvalue weighted by atomic mass is 35.5. The van der Waals surface area contributed by atoms with E-state index in [9.17, 15) is 19.2 Å². The van der Waals surface area contributed by atoms with Gasteiger partial charge in [0.15, 0.2) is 6.61 Å². The number of carbonyl (C=O) groups excluding carboxylic acids is 4. The van der Waals surface area contributed by atoms with Crippen molar-refractivity contribution in [1.82, 2.24) is 16.0 Å². The van der Waals surface area contributed by atoms with Crippen molar-refractivity contribution in [3.63, 3.8) is 0 Å². The number of hydrogen-bond donors (Lipinski definition) is 3. The van der Waals surface area contributed by atoms with Crippen LogP contribution in [0.5, 0.6) is 0 Å². The van der Waals surface area contributed by atoms with Crippen LogP contribution in [-0.2, 0) is 19.1 Å². The Hall–Kier alpha value is -2.30. The minimum absolute atomic E-state index is 0.222. The molecule has 3 N–H and O–H groups in total. The second-order valence-corrected chi connectivity index (χ2v) is 7.08. The molecular formula is C18H24ClN3O6S.